The molecule has 0 radical (unpaired) electrons. The van der Waals surface area contributed by atoms with Gasteiger partial charge in [0.15, 0.2) is 0 Å². The number of hydrogen-bond donors (Lipinski definition) is 3. The lowest BCUT2D eigenvalue weighted by atomic mass is 10.1. The van der Waals surface area contributed by atoms with Crippen LogP contribution in [0.15, 0.2) is 54.6 Å². The molecule has 0 unspecified atom stereocenters. The number of carbonyl (C=O) groups excluding carboxylic acids is 2. The van der Waals surface area contributed by atoms with Crippen LogP contribution in [0, 0.1) is 6.92 Å². The normalized spacial score (nSPS) is 10.9. The van der Waals surface area contributed by atoms with E-state index in [9.17, 15) is 9.59 Å². The molecule has 1 heterocycles. The SMILES string of the molecule is COCc1nc2c(C(=O)Nc3cccc(Cl)c3C)cc(NC(=O)c3ccccc3Cl)cc2[nH]1. The molecular formula is C24H20Cl2N4O3. The maximum Gasteiger partial charge on any atom is 0.258 e. The fraction of sp³-hybridized carbons (Fsp3) is 0.125. The van der Waals surface area contributed by atoms with Crippen LogP contribution in [0.1, 0.15) is 32.1 Å². The molecule has 0 atom stereocenters. The number of ether oxygens (including phenoxy) is 1. The number of halogens is 2. The molecule has 4 aromatic rings. The van der Waals surface area contributed by atoms with Gasteiger partial charge in [0.2, 0.25) is 0 Å². The van der Waals surface area contributed by atoms with Crippen molar-refractivity contribution in [1.29, 1.82) is 0 Å². The first kappa shape index (κ1) is 22.8. The van der Waals surface area contributed by atoms with Gasteiger partial charge in [0, 0.05) is 23.5 Å². The Labute approximate surface area is 200 Å². The van der Waals surface area contributed by atoms with E-state index in [1.54, 1.807) is 61.7 Å². The summed E-state index contributed by atoms with van der Waals surface area (Å²) >= 11 is 12.3. The van der Waals surface area contributed by atoms with Gasteiger partial charge in [-0.25, -0.2) is 4.98 Å². The Bertz CT molecular complexity index is 1370. The average molecular weight is 483 g/mol. The van der Waals surface area contributed by atoms with E-state index < -0.39 is 11.8 Å². The van der Waals surface area contributed by atoms with Crippen LogP contribution >= 0.6 is 23.2 Å². The smallest absolute Gasteiger partial charge is 0.258 e. The standard InChI is InChI=1S/C24H20Cl2N4O3/c1-13-17(25)8-5-9-19(13)29-24(32)16-10-14(11-20-22(16)30-21(28-20)12-33-2)27-23(31)15-6-3-4-7-18(15)26/h3-11H,12H2,1-2H3,(H,27,31)(H,28,30)(H,29,32). The van der Waals surface area contributed by atoms with Gasteiger partial charge < -0.3 is 20.4 Å². The zero-order valence-electron chi connectivity index (χ0n) is 17.8. The summed E-state index contributed by atoms with van der Waals surface area (Å²) in [4.78, 5) is 33.6. The molecule has 0 spiro atoms. The maximum atomic E-state index is 13.2. The minimum absolute atomic E-state index is 0.241. The minimum atomic E-state index is -0.395. The second kappa shape index (κ2) is 9.62. The van der Waals surface area contributed by atoms with E-state index in [1.807, 2.05) is 6.92 Å². The molecule has 4 rings (SSSR count). The molecule has 0 fully saturated rings. The van der Waals surface area contributed by atoms with E-state index >= 15 is 0 Å². The number of anilines is 2. The van der Waals surface area contributed by atoms with Gasteiger partial charge in [0.25, 0.3) is 11.8 Å². The van der Waals surface area contributed by atoms with E-state index in [4.69, 9.17) is 27.9 Å². The number of aromatic amines is 1. The average Bonchev–Trinajstić information content (AvgIpc) is 3.19. The third-order valence-corrected chi connectivity index (χ3v) is 5.79. The summed E-state index contributed by atoms with van der Waals surface area (Å²) in [5, 5.41) is 6.56. The minimum Gasteiger partial charge on any atom is -0.377 e. The quantitative estimate of drug-likeness (QED) is 0.322. The van der Waals surface area contributed by atoms with E-state index in [-0.39, 0.29) is 12.2 Å². The topological polar surface area (TPSA) is 96.1 Å². The van der Waals surface area contributed by atoms with Crippen molar-refractivity contribution >= 4 is 57.4 Å². The van der Waals surface area contributed by atoms with Crippen LogP contribution < -0.4 is 10.6 Å². The number of rotatable bonds is 6. The number of benzene rings is 3. The summed E-state index contributed by atoms with van der Waals surface area (Å²) in [7, 11) is 1.55. The second-order valence-electron chi connectivity index (χ2n) is 7.34. The molecule has 0 aliphatic heterocycles. The molecule has 7 nitrogen and oxygen atoms in total. The lowest BCUT2D eigenvalue weighted by Crippen LogP contribution is -2.16. The molecule has 0 aliphatic rings. The van der Waals surface area contributed by atoms with Gasteiger partial charge in [-0.05, 0) is 48.9 Å². The first-order valence-electron chi connectivity index (χ1n) is 10.0. The first-order valence-corrected chi connectivity index (χ1v) is 10.8. The number of H-pyrrole nitrogens is 1. The van der Waals surface area contributed by atoms with E-state index in [0.717, 1.165) is 5.56 Å². The number of imidazole rings is 1. The van der Waals surface area contributed by atoms with Crippen molar-refractivity contribution in [3.05, 3.63) is 87.2 Å². The van der Waals surface area contributed by atoms with Crippen molar-refractivity contribution in [2.45, 2.75) is 13.5 Å². The van der Waals surface area contributed by atoms with Crippen molar-refractivity contribution in [1.82, 2.24) is 9.97 Å². The Morgan fingerprint density at radius 1 is 0.970 bits per heavy atom. The molecule has 9 heteroatoms. The molecular weight excluding hydrogens is 463 g/mol. The molecule has 0 saturated carbocycles. The van der Waals surface area contributed by atoms with Crippen molar-refractivity contribution in [3.8, 4) is 0 Å². The van der Waals surface area contributed by atoms with Crippen LogP contribution in [0.2, 0.25) is 10.0 Å². The van der Waals surface area contributed by atoms with Gasteiger partial charge in [-0.15, -0.1) is 0 Å². The first-order chi connectivity index (χ1) is 15.9. The lowest BCUT2D eigenvalue weighted by molar-refractivity contribution is 0.101. The summed E-state index contributed by atoms with van der Waals surface area (Å²) in [5.41, 5.74) is 3.37. The molecule has 33 heavy (non-hydrogen) atoms. The molecule has 0 aliphatic carbocycles. The molecule has 2 amide bonds. The Kier molecular flexibility index (Phi) is 6.65. The van der Waals surface area contributed by atoms with Gasteiger partial charge in [0.1, 0.15) is 17.9 Å². The van der Waals surface area contributed by atoms with E-state index in [0.29, 0.717) is 43.8 Å². The van der Waals surface area contributed by atoms with Gasteiger partial charge in [-0.2, -0.15) is 0 Å². The number of hydrogen-bond acceptors (Lipinski definition) is 4. The summed E-state index contributed by atoms with van der Waals surface area (Å²) in [6.07, 6.45) is 0. The Hall–Kier alpha value is -3.39. The Morgan fingerprint density at radius 3 is 2.45 bits per heavy atom. The molecule has 3 aromatic carbocycles. The van der Waals surface area contributed by atoms with Crippen molar-refractivity contribution in [2.24, 2.45) is 0 Å². The number of nitrogens with zero attached hydrogens (tertiary/aromatic N) is 1. The monoisotopic (exact) mass is 482 g/mol. The van der Waals surface area contributed by atoms with Crippen molar-refractivity contribution < 1.29 is 14.3 Å². The van der Waals surface area contributed by atoms with Crippen LogP contribution in [0.25, 0.3) is 11.0 Å². The largest absolute Gasteiger partial charge is 0.377 e. The summed E-state index contributed by atoms with van der Waals surface area (Å²) in [6.45, 7) is 2.06. The number of amides is 2. The highest BCUT2D eigenvalue weighted by Gasteiger charge is 2.19. The lowest BCUT2D eigenvalue weighted by Gasteiger charge is -2.12. The van der Waals surface area contributed by atoms with Gasteiger partial charge in [-0.1, -0.05) is 41.4 Å². The number of nitrogens with one attached hydrogen (secondary N) is 3. The second-order valence-corrected chi connectivity index (χ2v) is 8.15. The Morgan fingerprint density at radius 2 is 1.70 bits per heavy atom. The zero-order valence-corrected chi connectivity index (χ0v) is 19.3. The highest BCUT2D eigenvalue weighted by atomic mass is 35.5. The van der Waals surface area contributed by atoms with Crippen LogP contribution in [-0.4, -0.2) is 28.9 Å². The van der Waals surface area contributed by atoms with Gasteiger partial charge in [-0.3, -0.25) is 9.59 Å². The van der Waals surface area contributed by atoms with E-state index in [1.165, 1.54) is 0 Å². The third kappa shape index (κ3) is 4.85. The predicted octanol–water partition coefficient (Wildman–Crippen LogP) is 5.83. The Balaban J connectivity index is 1.73. The number of fused-ring (bicyclic) bond motifs is 1. The van der Waals surface area contributed by atoms with Crippen LogP contribution in [0.5, 0.6) is 0 Å². The molecule has 3 N–H and O–H groups in total. The molecule has 0 saturated heterocycles. The van der Waals surface area contributed by atoms with Crippen LogP contribution in [0.3, 0.4) is 0 Å². The highest BCUT2D eigenvalue weighted by molar-refractivity contribution is 6.34. The van der Waals surface area contributed by atoms with Gasteiger partial charge in [0.05, 0.1) is 21.7 Å². The fourth-order valence-corrected chi connectivity index (χ4v) is 3.79. The van der Waals surface area contributed by atoms with Gasteiger partial charge >= 0.3 is 0 Å². The predicted molar refractivity (Wildman–Crippen MR) is 130 cm³/mol. The summed E-state index contributed by atoms with van der Waals surface area (Å²) in [6, 6.07) is 15.3. The van der Waals surface area contributed by atoms with Crippen molar-refractivity contribution in [2.75, 3.05) is 17.7 Å². The van der Waals surface area contributed by atoms with Crippen molar-refractivity contribution in [3.63, 3.8) is 0 Å². The highest BCUT2D eigenvalue weighted by Crippen LogP contribution is 2.27. The van der Waals surface area contributed by atoms with Crippen LogP contribution in [-0.2, 0) is 11.3 Å². The van der Waals surface area contributed by atoms with Crippen LogP contribution in [0.4, 0.5) is 11.4 Å². The maximum absolute atomic E-state index is 13.2. The number of methoxy groups -OCH3 is 1. The fourth-order valence-electron chi connectivity index (χ4n) is 3.40. The summed E-state index contributed by atoms with van der Waals surface area (Å²) in [5.74, 6) is -0.238. The molecule has 0 bridgehead atoms. The third-order valence-electron chi connectivity index (χ3n) is 5.05. The molecule has 168 valence electrons. The molecule has 1 aromatic heterocycles. The number of carbonyl (C=O) groups is 2. The number of aromatic nitrogens is 2. The zero-order chi connectivity index (χ0) is 23.5. The van der Waals surface area contributed by atoms with E-state index in [2.05, 4.69) is 20.6 Å². The summed E-state index contributed by atoms with van der Waals surface area (Å²) < 4.78 is 5.15.